The summed E-state index contributed by atoms with van der Waals surface area (Å²) in [6, 6.07) is 0. The first-order chi connectivity index (χ1) is 7.43. The van der Waals surface area contributed by atoms with Crippen molar-refractivity contribution in [2.24, 2.45) is 0 Å². The van der Waals surface area contributed by atoms with Crippen molar-refractivity contribution in [3.63, 3.8) is 0 Å². The SMILES string of the molecule is COCCNCCNCCc1cscn1. The summed E-state index contributed by atoms with van der Waals surface area (Å²) in [5.74, 6) is 0. The molecule has 0 fully saturated rings. The van der Waals surface area contributed by atoms with E-state index in [1.54, 1.807) is 18.4 Å². The van der Waals surface area contributed by atoms with Gasteiger partial charge in [-0.05, 0) is 0 Å². The zero-order chi connectivity index (χ0) is 10.8. The lowest BCUT2D eigenvalue weighted by molar-refractivity contribution is 0.199. The molecular formula is C10H19N3OS. The molecule has 2 N–H and O–H groups in total. The third-order valence-corrected chi connectivity index (χ3v) is 2.64. The molecule has 0 aliphatic rings. The Labute approximate surface area is 95.1 Å². The fourth-order valence-corrected chi connectivity index (χ4v) is 1.77. The summed E-state index contributed by atoms with van der Waals surface area (Å²) in [6.07, 6.45) is 1.02. The second-order valence-electron chi connectivity index (χ2n) is 3.22. The highest BCUT2D eigenvalue weighted by molar-refractivity contribution is 7.07. The molecule has 1 rings (SSSR count). The van der Waals surface area contributed by atoms with E-state index in [1.807, 2.05) is 5.51 Å². The van der Waals surface area contributed by atoms with Crippen LogP contribution in [0.5, 0.6) is 0 Å². The van der Waals surface area contributed by atoms with Crippen LogP contribution in [0.4, 0.5) is 0 Å². The highest BCUT2D eigenvalue weighted by Gasteiger charge is 1.93. The van der Waals surface area contributed by atoms with Gasteiger partial charge in [0.05, 0.1) is 17.8 Å². The van der Waals surface area contributed by atoms with Crippen molar-refractivity contribution >= 4 is 11.3 Å². The predicted molar refractivity (Wildman–Crippen MR) is 63.4 cm³/mol. The van der Waals surface area contributed by atoms with Crippen molar-refractivity contribution < 1.29 is 4.74 Å². The van der Waals surface area contributed by atoms with Crippen molar-refractivity contribution in [3.8, 4) is 0 Å². The molecule has 1 aromatic heterocycles. The van der Waals surface area contributed by atoms with Gasteiger partial charge in [-0.3, -0.25) is 0 Å². The van der Waals surface area contributed by atoms with Gasteiger partial charge in [-0.25, -0.2) is 4.98 Å². The molecule has 1 heterocycles. The molecule has 0 aliphatic heterocycles. The molecule has 5 heteroatoms. The van der Waals surface area contributed by atoms with Crippen LogP contribution >= 0.6 is 11.3 Å². The van der Waals surface area contributed by atoms with Gasteiger partial charge in [0.2, 0.25) is 0 Å². The Morgan fingerprint density at radius 1 is 1.27 bits per heavy atom. The molecule has 0 radical (unpaired) electrons. The van der Waals surface area contributed by atoms with Gasteiger partial charge in [0, 0.05) is 45.1 Å². The van der Waals surface area contributed by atoms with Gasteiger partial charge in [0.25, 0.3) is 0 Å². The van der Waals surface area contributed by atoms with Crippen molar-refractivity contribution in [1.82, 2.24) is 15.6 Å². The number of thiazole rings is 1. The monoisotopic (exact) mass is 229 g/mol. The van der Waals surface area contributed by atoms with Crippen molar-refractivity contribution in [1.29, 1.82) is 0 Å². The van der Waals surface area contributed by atoms with Gasteiger partial charge in [-0.2, -0.15) is 0 Å². The topological polar surface area (TPSA) is 46.2 Å². The maximum Gasteiger partial charge on any atom is 0.0794 e. The summed E-state index contributed by atoms with van der Waals surface area (Å²) in [5.41, 5.74) is 3.06. The third kappa shape index (κ3) is 6.57. The zero-order valence-electron chi connectivity index (χ0n) is 9.16. The second kappa shape index (κ2) is 8.79. The van der Waals surface area contributed by atoms with E-state index in [1.165, 1.54) is 5.69 Å². The van der Waals surface area contributed by atoms with Crippen LogP contribution in [-0.4, -0.2) is 44.9 Å². The van der Waals surface area contributed by atoms with E-state index >= 15 is 0 Å². The second-order valence-corrected chi connectivity index (χ2v) is 3.94. The molecule has 0 saturated carbocycles. The summed E-state index contributed by atoms with van der Waals surface area (Å²) in [6.45, 7) is 4.67. The molecule has 0 bridgehead atoms. The fraction of sp³-hybridized carbons (Fsp3) is 0.700. The van der Waals surface area contributed by atoms with E-state index in [0.717, 1.165) is 39.2 Å². The largest absolute Gasteiger partial charge is 0.383 e. The highest BCUT2D eigenvalue weighted by Crippen LogP contribution is 2.00. The predicted octanol–water partition coefficient (Wildman–Crippen LogP) is 0.511. The number of hydrogen-bond acceptors (Lipinski definition) is 5. The Morgan fingerprint density at radius 2 is 2.07 bits per heavy atom. The summed E-state index contributed by atoms with van der Waals surface area (Å²) < 4.78 is 4.93. The molecule has 0 amide bonds. The minimum Gasteiger partial charge on any atom is -0.383 e. The van der Waals surface area contributed by atoms with Crippen LogP contribution in [0.25, 0.3) is 0 Å². The van der Waals surface area contributed by atoms with E-state index in [4.69, 9.17) is 4.74 Å². The van der Waals surface area contributed by atoms with Crippen molar-refractivity contribution in [3.05, 3.63) is 16.6 Å². The fourth-order valence-electron chi connectivity index (χ4n) is 1.18. The number of methoxy groups -OCH3 is 1. The highest BCUT2D eigenvalue weighted by atomic mass is 32.1. The smallest absolute Gasteiger partial charge is 0.0794 e. The van der Waals surface area contributed by atoms with E-state index in [2.05, 4.69) is 21.0 Å². The lowest BCUT2D eigenvalue weighted by Crippen LogP contribution is -2.30. The molecule has 15 heavy (non-hydrogen) atoms. The number of aromatic nitrogens is 1. The Morgan fingerprint density at radius 3 is 2.73 bits per heavy atom. The van der Waals surface area contributed by atoms with Gasteiger partial charge in [0.15, 0.2) is 0 Å². The van der Waals surface area contributed by atoms with Crippen LogP contribution in [0.1, 0.15) is 5.69 Å². The number of ether oxygens (including phenoxy) is 1. The van der Waals surface area contributed by atoms with Crippen LogP contribution in [0.15, 0.2) is 10.9 Å². The Hall–Kier alpha value is -0.490. The van der Waals surface area contributed by atoms with Gasteiger partial charge in [0.1, 0.15) is 0 Å². The first-order valence-electron chi connectivity index (χ1n) is 5.21. The van der Waals surface area contributed by atoms with Crippen LogP contribution in [0.2, 0.25) is 0 Å². The number of nitrogens with one attached hydrogen (secondary N) is 2. The third-order valence-electron chi connectivity index (χ3n) is 2.00. The number of rotatable bonds is 9. The summed E-state index contributed by atoms with van der Waals surface area (Å²) in [4.78, 5) is 4.22. The summed E-state index contributed by atoms with van der Waals surface area (Å²) >= 11 is 1.65. The standard InChI is InChI=1S/C10H19N3OS/c1-14-7-6-12-5-4-11-3-2-10-8-15-9-13-10/h8-9,11-12H,2-7H2,1H3. The van der Waals surface area contributed by atoms with Gasteiger partial charge in [-0.15, -0.1) is 11.3 Å². The quantitative estimate of drug-likeness (QED) is 0.606. The Bertz CT molecular complexity index is 229. The molecule has 0 saturated heterocycles. The minimum absolute atomic E-state index is 0.777. The van der Waals surface area contributed by atoms with Crippen LogP contribution < -0.4 is 10.6 Å². The molecule has 0 spiro atoms. The van der Waals surface area contributed by atoms with Gasteiger partial charge < -0.3 is 15.4 Å². The van der Waals surface area contributed by atoms with Gasteiger partial charge in [-0.1, -0.05) is 0 Å². The van der Waals surface area contributed by atoms with E-state index in [-0.39, 0.29) is 0 Å². The minimum atomic E-state index is 0.777. The van der Waals surface area contributed by atoms with E-state index in [9.17, 15) is 0 Å². The molecular weight excluding hydrogens is 210 g/mol. The number of nitrogens with zero attached hydrogens (tertiary/aromatic N) is 1. The molecule has 0 atom stereocenters. The molecule has 0 unspecified atom stereocenters. The summed E-state index contributed by atoms with van der Waals surface area (Å²) in [7, 11) is 1.72. The van der Waals surface area contributed by atoms with E-state index < -0.39 is 0 Å². The molecule has 4 nitrogen and oxygen atoms in total. The normalized spacial score (nSPS) is 10.7. The summed E-state index contributed by atoms with van der Waals surface area (Å²) in [5, 5.41) is 8.74. The van der Waals surface area contributed by atoms with E-state index in [0.29, 0.717) is 0 Å². The Kier molecular flexibility index (Phi) is 7.37. The van der Waals surface area contributed by atoms with Crippen molar-refractivity contribution in [2.45, 2.75) is 6.42 Å². The lowest BCUT2D eigenvalue weighted by Gasteiger charge is -2.05. The average molecular weight is 229 g/mol. The van der Waals surface area contributed by atoms with Crippen molar-refractivity contribution in [2.75, 3.05) is 39.9 Å². The zero-order valence-corrected chi connectivity index (χ0v) is 9.98. The van der Waals surface area contributed by atoms with Crippen LogP contribution in [0.3, 0.4) is 0 Å². The first-order valence-corrected chi connectivity index (χ1v) is 6.15. The molecule has 0 aliphatic carbocycles. The molecule has 86 valence electrons. The van der Waals surface area contributed by atoms with Gasteiger partial charge >= 0.3 is 0 Å². The van der Waals surface area contributed by atoms with Crippen LogP contribution in [-0.2, 0) is 11.2 Å². The Balaban J connectivity index is 1.81. The molecule has 0 aromatic carbocycles. The van der Waals surface area contributed by atoms with Crippen LogP contribution in [0, 0.1) is 0 Å². The average Bonchev–Trinajstić information content (AvgIpc) is 2.75. The lowest BCUT2D eigenvalue weighted by atomic mass is 10.3. The maximum atomic E-state index is 4.93. The maximum absolute atomic E-state index is 4.93. The molecule has 1 aromatic rings. The number of hydrogen-bond donors (Lipinski definition) is 2. The first kappa shape index (κ1) is 12.6.